The third kappa shape index (κ3) is 4.70. The molecule has 10 nitrogen and oxygen atoms in total. The average Bonchev–Trinajstić information content (AvgIpc) is 2.92. The van der Waals surface area contributed by atoms with E-state index in [1.165, 1.54) is 5.69 Å². The average molecular weight is 505 g/mol. The molecule has 0 radical (unpaired) electrons. The van der Waals surface area contributed by atoms with Gasteiger partial charge in [-0.3, -0.25) is 9.69 Å². The van der Waals surface area contributed by atoms with Crippen molar-refractivity contribution in [2.75, 3.05) is 61.9 Å². The van der Waals surface area contributed by atoms with Gasteiger partial charge in [0.15, 0.2) is 0 Å². The molecule has 2 atom stereocenters. The first-order valence-electron chi connectivity index (χ1n) is 13.5. The minimum atomic E-state index is -0.0331. The van der Waals surface area contributed by atoms with E-state index in [-0.39, 0.29) is 24.0 Å². The zero-order valence-corrected chi connectivity index (χ0v) is 21.8. The molecule has 6 rings (SSSR count). The quantitative estimate of drug-likeness (QED) is 0.685. The van der Waals surface area contributed by atoms with Crippen LogP contribution in [0.25, 0.3) is 0 Å². The van der Waals surface area contributed by atoms with Crippen molar-refractivity contribution >= 4 is 35.1 Å². The Hall–Kier alpha value is -3.40. The fraction of sp³-hybridized carbons (Fsp3) is 0.556. The Morgan fingerprint density at radius 1 is 0.919 bits per heavy atom. The highest BCUT2D eigenvalue weighted by atomic mass is 16.2. The van der Waals surface area contributed by atoms with E-state index in [1.807, 2.05) is 16.0 Å². The fourth-order valence-corrected chi connectivity index (χ4v) is 6.18. The number of nitrogens with zero attached hydrogens (tertiary/aromatic N) is 7. The van der Waals surface area contributed by atoms with E-state index in [9.17, 15) is 9.59 Å². The molecule has 37 heavy (non-hydrogen) atoms. The summed E-state index contributed by atoms with van der Waals surface area (Å²) < 4.78 is 0. The summed E-state index contributed by atoms with van der Waals surface area (Å²) in [7, 11) is 3.95. The van der Waals surface area contributed by atoms with E-state index in [2.05, 4.69) is 51.4 Å². The SMILES string of the molecule is CN1CCN(c2ccc(Nc3ncc4c(n3)N(C)C(=O)N(C3CCN5C(=O)CCCC5C3)C4)cc2)CC1. The van der Waals surface area contributed by atoms with Crippen LogP contribution < -0.4 is 15.1 Å². The molecule has 0 aliphatic carbocycles. The molecule has 3 saturated heterocycles. The van der Waals surface area contributed by atoms with Crippen molar-refractivity contribution in [2.24, 2.45) is 0 Å². The number of piperazine rings is 1. The van der Waals surface area contributed by atoms with Gasteiger partial charge >= 0.3 is 6.03 Å². The Bertz CT molecular complexity index is 1160. The van der Waals surface area contributed by atoms with E-state index in [1.54, 1.807) is 11.9 Å². The fourth-order valence-electron chi connectivity index (χ4n) is 6.18. The molecule has 3 amide bonds. The highest BCUT2D eigenvalue weighted by molar-refractivity contribution is 5.93. The number of benzene rings is 1. The van der Waals surface area contributed by atoms with Crippen molar-refractivity contribution in [1.82, 2.24) is 24.7 Å². The van der Waals surface area contributed by atoms with Crippen LogP contribution in [0.5, 0.6) is 0 Å². The Kier molecular flexibility index (Phi) is 6.36. The van der Waals surface area contributed by atoms with Gasteiger partial charge in [0.1, 0.15) is 5.82 Å². The normalized spacial score (nSPS) is 24.7. The van der Waals surface area contributed by atoms with Crippen molar-refractivity contribution in [2.45, 2.75) is 50.7 Å². The summed E-state index contributed by atoms with van der Waals surface area (Å²) in [4.78, 5) is 45.3. The lowest BCUT2D eigenvalue weighted by molar-refractivity contribution is -0.138. The van der Waals surface area contributed by atoms with Gasteiger partial charge < -0.3 is 24.9 Å². The van der Waals surface area contributed by atoms with Crippen LogP contribution in [0.1, 0.15) is 37.7 Å². The number of hydrogen-bond acceptors (Lipinski definition) is 7. The predicted octanol–water partition coefficient (Wildman–Crippen LogP) is 2.89. The Labute approximate surface area is 218 Å². The predicted molar refractivity (Wildman–Crippen MR) is 143 cm³/mol. The summed E-state index contributed by atoms with van der Waals surface area (Å²) in [6, 6.07) is 8.71. The molecule has 1 N–H and O–H groups in total. The van der Waals surface area contributed by atoms with Crippen molar-refractivity contribution in [3.63, 3.8) is 0 Å². The number of urea groups is 1. The standard InChI is InChI=1S/C27H36N8O2/c1-31-12-14-33(15-13-31)21-8-6-20(7-9-21)29-26-28-17-19-18-35(27(37)32(2)25(19)30-26)23-10-11-34-22(16-23)4-3-5-24(34)36/h6-9,17,22-23H,3-5,10-16,18H2,1-2H3,(H,28,29,30). The number of carbonyl (C=O) groups excluding carboxylic acids is 2. The zero-order chi connectivity index (χ0) is 25.5. The van der Waals surface area contributed by atoms with Gasteiger partial charge in [-0.2, -0.15) is 4.98 Å². The van der Waals surface area contributed by atoms with Crippen molar-refractivity contribution in [1.29, 1.82) is 0 Å². The molecule has 196 valence electrons. The van der Waals surface area contributed by atoms with Gasteiger partial charge in [-0.15, -0.1) is 0 Å². The van der Waals surface area contributed by atoms with Crippen molar-refractivity contribution in [3.8, 4) is 0 Å². The van der Waals surface area contributed by atoms with Crippen LogP contribution in [-0.2, 0) is 11.3 Å². The highest BCUT2D eigenvalue weighted by Crippen LogP contribution is 2.34. The molecule has 5 heterocycles. The van der Waals surface area contributed by atoms with Crippen LogP contribution in [0.4, 0.5) is 27.9 Å². The second-order valence-electron chi connectivity index (χ2n) is 10.8. The lowest BCUT2D eigenvalue weighted by atomic mass is 9.88. The maximum atomic E-state index is 13.4. The van der Waals surface area contributed by atoms with E-state index >= 15 is 0 Å². The number of anilines is 4. The first-order chi connectivity index (χ1) is 18.0. The van der Waals surface area contributed by atoms with Gasteiger partial charge in [-0.25, -0.2) is 9.78 Å². The molecule has 4 aliphatic rings. The molecule has 0 bridgehead atoms. The highest BCUT2D eigenvalue weighted by Gasteiger charge is 2.40. The van der Waals surface area contributed by atoms with Crippen LogP contribution in [-0.4, -0.2) is 95.5 Å². The Balaban J connectivity index is 1.13. The molecule has 1 aromatic heterocycles. The third-order valence-corrected chi connectivity index (χ3v) is 8.40. The smallest absolute Gasteiger partial charge is 0.325 e. The number of nitrogens with one attached hydrogen (secondary N) is 1. The number of amides is 3. The Morgan fingerprint density at radius 2 is 1.68 bits per heavy atom. The largest absolute Gasteiger partial charge is 0.369 e. The summed E-state index contributed by atoms with van der Waals surface area (Å²) in [5.41, 5.74) is 3.08. The van der Waals surface area contributed by atoms with E-state index in [0.717, 1.165) is 69.7 Å². The van der Waals surface area contributed by atoms with Crippen molar-refractivity contribution in [3.05, 3.63) is 36.0 Å². The molecule has 4 aliphatic heterocycles. The molecular weight excluding hydrogens is 468 g/mol. The minimum Gasteiger partial charge on any atom is -0.369 e. The number of aromatic nitrogens is 2. The second kappa shape index (κ2) is 9.81. The number of fused-ring (bicyclic) bond motifs is 2. The number of hydrogen-bond donors (Lipinski definition) is 1. The molecular formula is C27H36N8O2. The van der Waals surface area contributed by atoms with Gasteiger partial charge in [0.05, 0.1) is 6.54 Å². The lowest BCUT2D eigenvalue weighted by Crippen LogP contribution is -2.57. The summed E-state index contributed by atoms with van der Waals surface area (Å²) in [6.45, 7) is 5.46. The lowest BCUT2D eigenvalue weighted by Gasteiger charge is -2.47. The first kappa shape index (κ1) is 24.0. The van der Waals surface area contributed by atoms with Crippen molar-refractivity contribution < 1.29 is 9.59 Å². The maximum Gasteiger partial charge on any atom is 0.325 e. The molecule has 10 heteroatoms. The topological polar surface area (TPSA) is 88.1 Å². The summed E-state index contributed by atoms with van der Waals surface area (Å²) >= 11 is 0. The molecule has 0 saturated carbocycles. The molecule has 2 aromatic rings. The van der Waals surface area contributed by atoms with Crippen LogP contribution in [0.15, 0.2) is 30.5 Å². The number of carbonyl (C=O) groups is 2. The second-order valence-corrected chi connectivity index (χ2v) is 10.8. The maximum absolute atomic E-state index is 13.4. The van der Waals surface area contributed by atoms with Crippen LogP contribution >= 0.6 is 0 Å². The Morgan fingerprint density at radius 3 is 2.46 bits per heavy atom. The molecule has 1 aromatic carbocycles. The molecule has 3 fully saturated rings. The van der Waals surface area contributed by atoms with Gasteiger partial charge in [0.2, 0.25) is 11.9 Å². The first-order valence-corrected chi connectivity index (χ1v) is 13.5. The monoisotopic (exact) mass is 504 g/mol. The van der Waals surface area contributed by atoms with Gasteiger partial charge in [0.25, 0.3) is 0 Å². The van der Waals surface area contributed by atoms with Gasteiger partial charge in [-0.1, -0.05) is 0 Å². The number of piperidine rings is 2. The van der Waals surface area contributed by atoms with Gasteiger partial charge in [0, 0.05) is 81.4 Å². The van der Waals surface area contributed by atoms with E-state index in [0.29, 0.717) is 24.7 Å². The van der Waals surface area contributed by atoms with Gasteiger partial charge in [-0.05, 0) is 57.0 Å². The van der Waals surface area contributed by atoms with E-state index < -0.39 is 0 Å². The van der Waals surface area contributed by atoms with E-state index in [4.69, 9.17) is 4.98 Å². The summed E-state index contributed by atoms with van der Waals surface area (Å²) in [6.07, 6.45) is 6.15. The summed E-state index contributed by atoms with van der Waals surface area (Å²) in [5, 5.41) is 3.30. The number of likely N-dealkylation sites (N-methyl/N-ethyl adjacent to an activating group) is 1. The number of rotatable bonds is 4. The zero-order valence-electron chi connectivity index (χ0n) is 21.8. The van der Waals surface area contributed by atoms with Crippen LogP contribution in [0.3, 0.4) is 0 Å². The third-order valence-electron chi connectivity index (χ3n) is 8.40. The van der Waals surface area contributed by atoms with Crippen LogP contribution in [0.2, 0.25) is 0 Å². The minimum absolute atomic E-state index is 0.0331. The molecule has 2 unspecified atom stereocenters. The summed E-state index contributed by atoms with van der Waals surface area (Å²) in [5.74, 6) is 1.40. The van der Waals surface area contributed by atoms with Crippen LogP contribution in [0, 0.1) is 0 Å². The molecule has 0 spiro atoms.